The second kappa shape index (κ2) is 4.91. The molecule has 1 rings (SSSR count). The van der Waals surface area contributed by atoms with Crippen molar-refractivity contribution in [1.29, 1.82) is 0 Å². The molecule has 0 amide bonds. The molecule has 1 unspecified atom stereocenters. The Hall–Kier alpha value is -1.16. The Morgan fingerprint density at radius 1 is 1.71 bits per heavy atom. The highest BCUT2D eigenvalue weighted by Gasteiger charge is 2.09. The summed E-state index contributed by atoms with van der Waals surface area (Å²) in [6.45, 7) is 3.49. The summed E-state index contributed by atoms with van der Waals surface area (Å²) in [4.78, 5) is 11.3. The molecule has 1 N–H and O–H groups in total. The van der Waals surface area contributed by atoms with E-state index in [1.165, 1.54) is 0 Å². The first kappa shape index (κ1) is 10.9. The van der Waals surface area contributed by atoms with E-state index in [2.05, 4.69) is 5.16 Å². The fourth-order valence-electron chi connectivity index (χ4n) is 1.15. The monoisotopic (exact) mass is 197 g/mol. The summed E-state index contributed by atoms with van der Waals surface area (Å²) in [5, 5.41) is 12.7. The predicted molar refractivity (Wildman–Crippen MR) is 50.9 cm³/mol. The minimum Gasteiger partial charge on any atom is -0.393 e. The molecule has 0 saturated heterocycles. The second-order valence-corrected chi connectivity index (χ2v) is 3.54. The van der Waals surface area contributed by atoms with Crippen molar-refractivity contribution < 1.29 is 14.4 Å². The van der Waals surface area contributed by atoms with Crippen LogP contribution in [0.2, 0.25) is 0 Å². The summed E-state index contributed by atoms with van der Waals surface area (Å²) in [5.74, 6) is 0.667. The van der Waals surface area contributed by atoms with E-state index in [0.717, 1.165) is 5.69 Å². The van der Waals surface area contributed by atoms with Crippen LogP contribution in [0.25, 0.3) is 0 Å². The average Bonchev–Trinajstić information content (AvgIpc) is 2.48. The average molecular weight is 197 g/mol. The lowest BCUT2D eigenvalue weighted by Gasteiger charge is -2.01. The summed E-state index contributed by atoms with van der Waals surface area (Å²) in [6.07, 6.45) is 0.743. The third-order valence-electron chi connectivity index (χ3n) is 1.89. The number of carbonyl (C=O) groups excluding carboxylic acids is 1. The van der Waals surface area contributed by atoms with Crippen LogP contribution < -0.4 is 0 Å². The molecule has 0 aliphatic heterocycles. The zero-order valence-corrected chi connectivity index (χ0v) is 8.49. The van der Waals surface area contributed by atoms with Crippen LogP contribution in [0.1, 0.15) is 31.2 Å². The molecule has 1 atom stereocenters. The Morgan fingerprint density at radius 3 is 2.93 bits per heavy atom. The first-order valence-electron chi connectivity index (χ1n) is 4.70. The Labute approximate surface area is 82.9 Å². The van der Waals surface area contributed by atoms with Crippen molar-refractivity contribution in [3.8, 4) is 0 Å². The minimum absolute atomic E-state index is 0.0713. The smallest absolute Gasteiger partial charge is 0.144 e. The standard InChI is InChI=1S/C10H15NO3/c1-7-5-10(14-11-7)6-9(13)4-3-8(2)12/h5,8,12H,3-4,6H2,1-2H3. The van der Waals surface area contributed by atoms with Crippen molar-refractivity contribution in [2.45, 2.75) is 39.2 Å². The van der Waals surface area contributed by atoms with Crippen molar-refractivity contribution in [3.63, 3.8) is 0 Å². The Balaban J connectivity index is 2.34. The lowest BCUT2D eigenvalue weighted by atomic mass is 10.1. The fraction of sp³-hybridized carbons (Fsp3) is 0.600. The molecule has 1 heterocycles. The van der Waals surface area contributed by atoms with Gasteiger partial charge in [0.05, 0.1) is 18.2 Å². The fourth-order valence-corrected chi connectivity index (χ4v) is 1.15. The summed E-state index contributed by atoms with van der Waals surface area (Å²) >= 11 is 0. The highest BCUT2D eigenvalue weighted by atomic mass is 16.5. The number of aryl methyl sites for hydroxylation is 1. The van der Waals surface area contributed by atoms with Crippen LogP contribution in [0.5, 0.6) is 0 Å². The van der Waals surface area contributed by atoms with E-state index in [-0.39, 0.29) is 12.2 Å². The molecule has 4 nitrogen and oxygen atoms in total. The van der Waals surface area contributed by atoms with Crippen LogP contribution in [0.4, 0.5) is 0 Å². The number of aromatic nitrogens is 1. The molecule has 0 spiro atoms. The number of carbonyl (C=O) groups is 1. The predicted octanol–water partition coefficient (Wildman–Crippen LogP) is 1.26. The van der Waals surface area contributed by atoms with Gasteiger partial charge in [-0.3, -0.25) is 4.79 Å². The molecule has 0 aliphatic carbocycles. The molecule has 78 valence electrons. The molecule has 0 aliphatic rings. The number of hydrogen-bond acceptors (Lipinski definition) is 4. The first-order chi connectivity index (χ1) is 6.58. The van der Waals surface area contributed by atoms with Gasteiger partial charge in [-0.1, -0.05) is 5.16 Å². The number of aliphatic hydroxyl groups excluding tert-OH is 1. The van der Waals surface area contributed by atoms with Gasteiger partial charge in [-0.2, -0.15) is 0 Å². The maximum atomic E-state index is 11.3. The van der Waals surface area contributed by atoms with Gasteiger partial charge in [-0.05, 0) is 20.3 Å². The molecule has 14 heavy (non-hydrogen) atoms. The topological polar surface area (TPSA) is 63.3 Å². The van der Waals surface area contributed by atoms with E-state index in [4.69, 9.17) is 9.63 Å². The van der Waals surface area contributed by atoms with Crippen LogP contribution >= 0.6 is 0 Å². The van der Waals surface area contributed by atoms with E-state index < -0.39 is 6.10 Å². The van der Waals surface area contributed by atoms with E-state index in [1.54, 1.807) is 13.0 Å². The lowest BCUT2D eigenvalue weighted by molar-refractivity contribution is -0.119. The zero-order chi connectivity index (χ0) is 10.6. The quantitative estimate of drug-likeness (QED) is 0.771. The zero-order valence-electron chi connectivity index (χ0n) is 8.49. The summed E-state index contributed by atoms with van der Waals surface area (Å²) in [6, 6.07) is 1.75. The van der Waals surface area contributed by atoms with Crippen LogP contribution in [0.3, 0.4) is 0 Å². The largest absolute Gasteiger partial charge is 0.393 e. The van der Waals surface area contributed by atoms with E-state index in [9.17, 15) is 4.79 Å². The Morgan fingerprint density at radius 2 is 2.43 bits per heavy atom. The van der Waals surface area contributed by atoms with Gasteiger partial charge in [-0.25, -0.2) is 0 Å². The van der Waals surface area contributed by atoms with Gasteiger partial charge in [0, 0.05) is 12.5 Å². The number of aliphatic hydroxyl groups is 1. The third kappa shape index (κ3) is 3.70. The third-order valence-corrected chi connectivity index (χ3v) is 1.89. The maximum absolute atomic E-state index is 11.3. The molecular weight excluding hydrogens is 182 g/mol. The van der Waals surface area contributed by atoms with Crippen LogP contribution in [0.15, 0.2) is 10.6 Å². The Bertz CT molecular complexity index is 304. The minimum atomic E-state index is -0.421. The molecule has 1 aromatic rings. The van der Waals surface area contributed by atoms with Crippen LogP contribution in [-0.2, 0) is 11.2 Å². The number of ketones is 1. The van der Waals surface area contributed by atoms with Crippen molar-refractivity contribution in [3.05, 3.63) is 17.5 Å². The van der Waals surface area contributed by atoms with Crippen molar-refractivity contribution in [1.82, 2.24) is 5.16 Å². The van der Waals surface area contributed by atoms with E-state index in [0.29, 0.717) is 18.6 Å². The van der Waals surface area contributed by atoms with Gasteiger partial charge >= 0.3 is 0 Å². The highest BCUT2D eigenvalue weighted by Crippen LogP contribution is 2.06. The molecular formula is C10H15NO3. The molecule has 0 aromatic carbocycles. The van der Waals surface area contributed by atoms with Crippen molar-refractivity contribution >= 4 is 5.78 Å². The van der Waals surface area contributed by atoms with Gasteiger partial charge in [0.2, 0.25) is 0 Å². The number of Topliss-reactive ketones (excluding diaryl/α,β-unsaturated/α-hetero) is 1. The van der Waals surface area contributed by atoms with Crippen LogP contribution in [0, 0.1) is 6.92 Å². The highest BCUT2D eigenvalue weighted by molar-refractivity contribution is 5.80. The lowest BCUT2D eigenvalue weighted by Crippen LogP contribution is -2.07. The van der Waals surface area contributed by atoms with E-state index in [1.807, 2.05) is 6.92 Å². The van der Waals surface area contributed by atoms with Crippen LogP contribution in [-0.4, -0.2) is 22.2 Å². The molecule has 0 fully saturated rings. The van der Waals surface area contributed by atoms with Gasteiger partial charge in [0.15, 0.2) is 0 Å². The molecule has 4 heteroatoms. The summed E-state index contributed by atoms with van der Waals surface area (Å²) in [5.41, 5.74) is 0.781. The molecule has 0 radical (unpaired) electrons. The summed E-state index contributed by atoms with van der Waals surface area (Å²) < 4.78 is 4.91. The number of nitrogens with zero attached hydrogens (tertiary/aromatic N) is 1. The molecule has 1 aromatic heterocycles. The SMILES string of the molecule is Cc1cc(CC(=O)CCC(C)O)on1. The van der Waals surface area contributed by atoms with Crippen molar-refractivity contribution in [2.75, 3.05) is 0 Å². The van der Waals surface area contributed by atoms with Gasteiger partial charge in [-0.15, -0.1) is 0 Å². The summed E-state index contributed by atoms with van der Waals surface area (Å²) in [7, 11) is 0. The van der Waals surface area contributed by atoms with Crippen molar-refractivity contribution in [2.24, 2.45) is 0 Å². The second-order valence-electron chi connectivity index (χ2n) is 3.54. The normalized spacial score (nSPS) is 12.8. The van der Waals surface area contributed by atoms with E-state index >= 15 is 0 Å². The number of hydrogen-bond donors (Lipinski definition) is 1. The Kier molecular flexibility index (Phi) is 3.83. The molecule has 0 bridgehead atoms. The number of rotatable bonds is 5. The van der Waals surface area contributed by atoms with Gasteiger partial charge in [0.25, 0.3) is 0 Å². The van der Waals surface area contributed by atoms with Gasteiger partial charge in [0.1, 0.15) is 11.5 Å². The van der Waals surface area contributed by atoms with Gasteiger partial charge < -0.3 is 9.63 Å². The maximum Gasteiger partial charge on any atom is 0.144 e. The molecule has 0 saturated carbocycles. The first-order valence-corrected chi connectivity index (χ1v) is 4.70.